The summed E-state index contributed by atoms with van der Waals surface area (Å²) in [6.07, 6.45) is 2.71. The topological polar surface area (TPSA) is 180 Å². The van der Waals surface area contributed by atoms with Gasteiger partial charge in [-0.3, -0.25) is 14.4 Å². The first kappa shape index (κ1) is 38.6. The first-order valence-electron chi connectivity index (χ1n) is 18.2. The Morgan fingerprint density at radius 1 is 0.887 bits per heavy atom. The maximum atomic E-state index is 13.8. The van der Waals surface area contributed by atoms with Gasteiger partial charge in [0, 0.05) is 41.7 Å². The number of anilines is 1. The maximum absolute atomic E-state index is 13.8. The molecule has 1 aliphatic carbocycles. The van der Waals surface area contributed by atoms with E-state index in [1.165, 1.54) is 0 Å². The molecule has 0 unspecified atom stereocenters. The van der Waals surface area contributed by atoms with Crippen LogP contribution in [0.4, 0.5) is 10.5 Å². The van der Waals surface area contributed by atoms with Gasteiger partial charge < -0.3 is 26.0 Å². The number of H-pyrrole nitrogens is 1. The van der Waals surface area contributed by atoms with E-state index < -0.39 is 17.7 Å². The molecular weight excluding hydrogens is 672 g/mol. The van der Waals surface area contributed by atoms with E-state index in [2.05, 4.69) is 41.9 Å². The third-order valence-corrected chi connectivity index (χ3v) is 9.15. The molecule has 1 fully saturated rings. The maximum Gasteiger partial charge on any atom is 0.407 e. The van der Waals surface area contributed by atoms with Crippen molar-refractivity contribution in [1.29, 1.82) is 0 Å². The fraction of sp³-hybridized carbons (Fsp3) is 0.425. The van der Waals surface area contributed by atoms with Crippen LogP contribution in [-0.2, 0) is 20.7 Å². The zero-order chi connectivity index (χ0) is 38.1. The van der Waals surface area contributed by atoms with E-state index in [0.717, 1.165) is 40.7 Å². The van der Waals surface area contributed by atoms with Gasteiger partial charge in [-0.2, -0.15) is 5.21 Å². The molecule has 1 aromatic heterocycles. The third kappa shape index (κ3) is 11.2. The van der Waals surface area contributed by atoms with Crippen LogP contribution in [0.5, 0.6) is 0 Å². The van der Waals surface area contributed by atoms with E-state index >= 15 is 0 Å². The predicted molar refractivity (Wildman–Crippen MR) is 203 cm³/mol. The normalized spacial score (nSPS) is 16.4. The quantitative estimate of drug-likeness (QED) is 0.119. The molecule has 3 aromatic carbocycles. The molecule has 1 atom stereocenters. The van der Waals surface area contributed by atoms with Gasteiger partial charge in [0.25, 0.3) is 5.91 Å². The number of hydrogen-bond acceptors (Lipinski definition) is 8. The lowest BCUT2D eigenvalue weighted by Gasteiger charge is -2.29. The monoisotopic (exact) mass is 722 g/mol. The molecule has 5 N–H and O–H groups in total. The van der Waals surface area contributed by atoms with Gasteiger partial charge in [0.2, 0.25) is 17.6 Å². The summed E-state index contributed by atoms with van der Waals surface area (Å²) in [5.74, 6) is -0.164. The number of ether oxygens (including phenoxy) is 1. The van der Waals surface area contributed by atoms with Crippen molar-refractivity contribution in [1.82, 2.24) is 36.6 Å². The van der Waals surface area contributed by atoms with Crippen LogP contribution in [0.15, 0.2) is 66.7 Å². The average Bonchev–Trinajstić information content (AvgIpc) is 3.66. The number of benzene rings is 3. The van der Waals surface area contributed by atoms with Gasteiger partial charge in [-0.25, -0.2) is 4.79 Å². The molecule has 0 saturated heterocycles. The lowest BCUT2D eigenvalue weighted by molar-refractivity contribution is -0.130. The van der Waals surface area contributed by atoms with Crippen molar-refractivity contribution >= 4 is 29.5 Å². The molecule has 4 aromatic rings. The van der Waals surface area contributed by atoms with E-state index in [4.69, 9.17) is 4.74 Å². The summed E-state index contributed by atoms with van der Waals surface area (Å²) in [6, 6.07) is 19.9. The zero-order valence-electron chi connectivity index (χ0n) is 31.3. The summed E-state index contributed by atoms with van der Waals surface area (Å²) in [6.45, 7) is 11.8. The number of aromatic nitrogens is 4. The number of rotatable bonds is 12. The van der Waals surface area contributed by atoms with Gasteiger partial charge in [0.15, 0.2) is 0 Å². The number of tetrazole rings is 1. The second-order valence-electron chi connectivity index (χ2n) is 15.0. The molecule has 1 heterocycles. The Morgan fingerprint density at radius 3 is 2.17 bits per heavy atom. The summed E-state index contributed by atoms with van der Waals surface area (Å²) in [5.41, 5.74) is 5.17. The average molecular weight is 723 g/mol. The number of nitrogens with one attached hydrogen (secondary N) is 5. The fourth-order valence-corrected chi connectivity index (χ4v) is 6.42. The van der Waals surface area contributed by atoms with E-state index in [0.29, 0.717) is 36.5 Å². The Labute approximate surface area is 310 Å². The Bertz CT molecular complexity index is 1860. The Kier molecular flexibility index (Phi) is 12.6. The minimum absolute atomic E-state index is 0.0452. The fourth-order valence-electron chi connectivity index (χ4n) is 6.42. The minimum Gasteiger partial charge on any atom is -0.444 e. The highest BCUT2D eigenvalue weighted by molar-refractivity contribution is 5.98. The van der Waals surface area contributed by atoms with E-state index in [1.54, 1.807) is 24.3 Å². The van der Waals surface area contributed by atoms with Crippen LogP contribution in [0, 0.1) is 18.8 Å². The number of amides is 4. The smallest absolute Gasteiger partial charge is 0.407 e. The molecule has 13 heteroatoms. The molecule has 1 saturated carbocycles. The van der Waals surface area contributed by atoms with Crippen molar-refractivity contribution in [2.24, 2.45) is 11.8 Å². The van der Waals surface area contributed by atoms with E-state index in [-0.39, 0.29) is 42.0 Å². The number of alkyl carbamates (subject to hydrolysis) is 1. The largest absolute Gasteiger partial charge is 0.444 e. The molecule has 0 spiro atoms. The Hall–Kier alpha value is -5.59. The summed E-state index contributed by atoms with van der Waals surface area (Å²) in [7, 11) is 0. The summed E-state index contributed by atoms with van der Waals surface area (Å²) >= 11 is 0. The summed E-state index contributed by atoms with van der Waals surface area (Å²) in [4.78, 5) is 52.1. The lowest BCUT2D eigenvalue weighted by Crippen LogP contribution is -2.48. The van der Waals surface area contributed by atoms with Gasteiger partial charge in [-0.1, -0.05) is 30.3 Å². The molecule has 1 aliphatic rings. The predicted octanol–water partition coefficient (Wildman–Crippen LogP) is 5.98. The molecule has 280 valence electrons. The second-order valence-corrected chi connectivity index (χ2v) is 15.0. The molecular formula is C40H50N8O5. The van der Waals surface area contributed by atoms with Crippen molar-refractivity contribution in [3.05, 3.63) is 83.4 Å². The molecule has 13 nitrogen and oxygen atoms in total. The van der Waals surface area contributed by atoms with Crippen LogP contribution in [0.1, 0.15) is 81.8 Å². The molecule has 0 bridgehead atoms. The highest BCUT2D eigenvalue weighted by atomic mass is 16.6. The van der Waals surface area contributed by atoms with E-state index in [9.17, 15) is 19.2 Å². The molecule has 4 amide bonds. The van der Waals surface area contributed by atoms with Crippen LogP contribution in [-0.4, -0.2) is 68.7 Å². The SMILES string of the molecule is Cc1cc(C(=O)NC(C)C)ccc1-c1ccc(C[C@H](NC(=O)C2CCC(CNC(=O)OC(C)(C)C)CC2)C(=O)Nc2ccc(-c3nn[nH]n3)cc2)cc1. The Morgan fingerprint density at radius 2 is 1.57 bits per heavy atom. The number of aromatic amines is 1. The number of hydrogen-bond donors (Lipinski definition) is 5. The number of carbonyl (C=O) groups is 4. The van der Waals surface area contributed by atoms with Crippen molar-refractivity contribution in [3.8, 4) is 22.5 Å². The van der Waals surface area contributed by atoms with E-state index in [1.807, 2.05) is 84.0 Å². The highest BCUT2D eigenvalue weighted by Crippen LogP contribution is 2.29. The number of carbonyl (C=O) groups excluding carboxylic acids is 4. The molecule has 0 radical (unpaired) electrons. The van der Waals surface area contributed by atoms with Crippen LogP contribution >= 0.6 is 0 Å². The first-order valence-corrected chi connectivity index (χ1v) is 18.2. The van der Waals surface area contributed by atoms with Crippen molar-refractivity contribution < 1.29 is 23.9 Å². The number of aryl methyl sites for hydroxylation is 1. The summed E-state index contributed by atoms with van der Waals surface area (Å²) in [5, 5.41) is 25.8. The van der Waals surface area contributed by atoms with Crippen LogP contribution in [0.2, 0.25) is 0 Å². The molecule has 53 heavy (non-hydrogen) atoms. The molecule has 0 aliphatic heterocycles. The third-order valence-electron chi connectivity index (χ3n) is 9.15. The minimum atomic E-state index is -0.836. The van der Waals surface area contributed by atoms with Crippen LogP contribution < -0.4 is 21.3 Å². The van der Waals surface area contributed by atoms with Gasteiger partial charge >= 0.3 is 6.09 Å². The van der Waals surface area contributed by atoms with Gasteiger partial charge in [0.1, 0.15) is 11.6 Å². The second kappa shape index (κ2) is 17.3. The van der Waals surface area contributed by atoms with Crippen molar-refractivity contribution in [2.75, 3.05) is 11.9 Å². The van der Waals surface area contributed by atoms with Gasteiger partial charge in [-0.15, -0.1) is 10.2 Å². The van der Waals surface area contributed by atoms with Crippen LogP contribution in [0.3, 0.4) is 0 Å². The zero-order valence-corrected chi connectivity index (χ0v) is 31.3. The Balaban J connectivity index is 1.25. The first-order chi connectivity index (χ1) is 25.2. The van der Waals surface area contributed by atoms with Crippen molar-refractivity contribution in [2.45, 2.75) is 91.3 Å². The van der Waals surface area contributed by atoms with Gasteiger partial charge in [0.05, 0.1) is 0 Å². The van der Waals surface area contributed by atoms with Gasteiger partial charge in [-0.05, 0) is 137 Å². The standard InChI is InChI=1S/C40H50N8O5/c1-24(2)42-37(50)31-17-20-33(25(3)21-31)28-11-7-26(8-12-28)22-34(38(51)43-32-18-15-29(16-19-32)35-45-47-48-46-35)44-36(49)30-13-9-27(10-14-30)23-41-39(52)53-40(4,5)6/h7-8,11-12,15-21,24,27,30,34H,9-10,13-14,22-23H2,1-6H3,(H,41,52)(H,42,50)(H,43,51)(H,44,49)(H,45,46,47,48)/t27?,30?,34-/m0/s1. The molecule has 5 rings (SSSR count). The lowest BCUT2D eigenvalue weighted by atomic mass is 9.81. The highest BCUT2D eigenvalue weighted by Gasteiger charge is 2.30. The van der Waals surface area contributed by atoms with Crippen molar-refractivity contribution in [3.63, 3.8) is 0 Å². The number of nitrogens with zero attached hydrogens (tertiary/aromatic N) is 3. The van der Waals surface area contributed by atoms with Crippen LogP contribution in [0.25, 0.3) is 22.5 Å². The summed E-state index contributed by atoms with van der Waals surface area (Å²) < 4.78 is 5.35.